The van der Waals surface area contributed by atoms with Crippen molar-refractivity contribution in [1.82, 2.24) is 15.2 Å². The predicted octanol–water partition coefficient (Wildman–Crippen LogP) is 2.47. The van der Waals surface area contributed by atoms with Gasteiger partial charge in [0.2, 0.25) is 0 Å². The van der Waals surface area contributed by atoms with Gasteiger partial charge >= 0.3 is 0 Å². The van der Waals surface area contributed by atoms with Crippen molar-refractivity contribution in [1.29, 1.82) is 0 Å². The van der Waals surface area contributed by atoms with E-state index in [0.717, 1.165) is 30.5 Å². The van der Waals surface area contributed by atoms with Gasteiger partial charge in [-0.15, -0.1) is 24.0 Å². The molecule has 0 saturated heterocycles. The first kappa shape index (κ1) is 20.7. The molecule has 0 fully saturated rings. The largest absolute Gasteiger partial charge is 0.357 e. The number of nitrogens with one attached hydrogen (secondary N) is 2. The highest BCUT2D eigenvalue weighted by Crippen LogP contribution is 2.05. The molecule has 0 aliphatic rings. The van der Waals surface area contributed by atoms with Gasteiger partial charge in [0.1, 0.15) is 0 Å². The minimum atomic E-state index is -1.00. The maximum absolute atomic E-state index is 12.2. The van der Waals surface area contributed by atoms with Crippen LogP contribution in [0.4, 0.5) is 0 Å². The van der Waals surface area contributed by atoms with Gasteiger partial charge in [-0.3, -0.25) is 9.20 Å². The molecule has 7 heteroatoms. The van der Waals surface area contributed by atoms with Gasteiger partial charge in [-0.25, -0.2) is 0 Å². The van der Waals surface area contributed by atoms with Crippen molar-refractivity contribution in [2.24, 2.45) is 4.99 Å². The van der Waals surface area contributed by atoms with Crippen molar-refractivity contribution < 1.29 is 4.21 Å². The third-order valence-electron chi connectivity index (χ3n) is 3.23. The molecule has 0 saturated carbocycles. The molecule has 0 amide bonds. The zero-order chi connectivity index (χ0) is 16.3. The minimum Gasteiger partial charge on any atom is -0.357 e. The van der Waals surface area contributed by atoms with Gasteiger partial charge < -0.3 is 15.2 Å². The molecule has 2 rings (SSSR count). The molecule has 5 nitrogen and oxygen atoms in total. The lowest BCUT2D eigenvalue weighted by Gasteiger charge is -2.11. The van der Waals surface area contributed by atoms with Crippen molar-refractivity contribution in [2.45, 2.75) is 18.4 Å². The van der Waals surface area contributed by atoms with Gasteiger partial charge in [0, 0.05) is 42.7 Å². The number of guanidine groups is 1. The molecule has 1 unspecified atom stereocenters. The Morgan fingerprint density at radius 2 is 1.83 bits per heavy atom. The molecular formula is C17H25IN4OS. The van der Waals surface area contributed by atoms with E-state index in [-0.39, 0.29) is 24.0 Å². The van der Waals surface area contributed by atoms with Gasteiger partial charge in [0.05, 0.1) is 17.3 Å². The van der Waals surface area contributed by atoms with Crippen LogP contribution < -0.4 is 10.6 Å². The first-order valence-corrected chi connectivity index (χ1v) is 9.18. The second-order valence-electron chi connectivity index (χ2n) is 4.97. The van der Waals surface area contributed by atoms with Gasteiger partial charge in [0.15, 0.2) is 5.96 Å². The maximum atomic E-state index is 12.2. The zero-order valence-corrected chi connectivity index (χ0v) is 17.0. The Labute approximate surface area is 163 Å². The summed E-state index contributed by atoms with van der Waals surface area (Å²) in [7, 11) is -1.00. The Kier molecular flexibility index (Phi) is 10.4. The van der Waals surface area contributed by atoms with Gasteiger partial charge in [-0.1, -0.05) is 18.2 Å². The summed E-state index contributed by atoms with van der Waals surface area (Å²) in [5.74, 6) is 1.29. The highest BCUT2D eigenvalue weighted by Gasteiger charge is 2.03. The van der Waals surface area contributed by atoms with Crippen LogP contribution in [0.2, 0.25) is 0 Å². The van der Waals surface area contributed by atoms with Crippen LogP contribution in [-0.2, 0) is 17.3 Å². The first-order valence-electron chi connectivity index (χ1n) is 7.86. The molecule has 2 N–H and O–H groups in total. The number of halogens is 1. The molecule has 1 aromatic heterocycles. The van der Waals surface area contributed by atoms with Crippen LogP contribution in [0.5, 0.6) is 0 Å². The molecule has 132 valence electrons. The second kappa shape index (κ2) is 12.1. The predicted molar refractivity (Wildman–Crippen MR) is 112 cm³/mol. The van der Waals surface area contributed by atoms with Crippen LogP contribution in [0, 0.1) is 0 Å². The molecule has 0 radical (unpaired) electrons. The number of aliphatic imine (C=N–C) groups is 1. The molecule has 2 aromatic rings. The lowest BCUT2D eigenvalue weighted by Crippen LogP contribution is -2.39. The van der Waals surface area contributed by atoms with E-state index in [9.17, 15) is 4.21 Å². The molecule has 0 aliphatic carbocycles. The summed E-state index contributed by atoms with van der Waals surface area (Å²) >= 11 is 0. The lowest BCUT2D eigenvalue weighted by molar-refractivity contribution is 0.666. The van der Waals surface area contributed by atoms with Gasteiger partial charge in [-0.05, 0) is 31.2 Å². The second-order valence-corrected chi connectivity index (χ2v) is 6.54. The van der Waals surface area contributed by atoms with Crippen molar-refractivity contribution in [3.05, 3.63) is 54.9 Å². The Hall–Kier alpha value is -1.35. The van der Waals surface area contributed by atoms with Crippen LogP contribution >= 0.6 is 24.0 Å². The number of hydrogen-bond donors (Lipinski definition) is 2. The van der Waals surface area contributed by atoms with E-state index in [1.165, 1.54) is 0 Å². The smallest absolute Gasteiger partial charge is 0.191 e. The normalized spacial score (nSPS) is 12.3. The van der Waals surface area contributed by atoms with Crippen LogP contribution in [0.15, 0.2) is 64.7 Å². The summed E-state index contributed by atoms with van der Waals surface area (Å²) in [5, 5.41) is 6.50. The summed E-state index contributed by atoms with van der Waals surface area (Å²) in [6.45, 7) is 5.04. The lowest BCUT2D eigenvalue weighted by atomic mass is 10.4. The molecule has 0 bridgehead atoms. The molecule has 24 heavy (non-hydrogen) atoms. The van der Waals surface area contributed by atoms with Gasteiger partial charge in [0.25, 0.3) is 0 Å². The topological polar surface area (TPSA) is 58.4 Å². The monoisotopic (exact) mass is 460 g/mol. The molecule has 0 aliphatic heterocycles. The number of hydrogen-bond acceptors (Lipinski definition) is 2. The Morgan fingerprint density at radius 1 is 1.12 bits per heavy atom. The number of rotatable bonds is 8. The Bertz CT molecular complexity index is 617. The zero-order valence-electron chi connectivity index (χ0n) is 13.9. The third kappa shape index (κ3) is 7.48. The first-order chi connectivity index (χ1) is 11.3. The molecule has 1 heterocycles. The quantitative estimate of drug-likeness (QED) is 0.362. The SMILES string of the molecule is CCNC(=NCCS(=O)c1ccccc1)NCCn1cccc1.I. The van der Waals surface area contributed by atoms with Crippen LogP contribution in [0.3, 0.4) is 0 Å². The fourth-order valence-electron chi connectivity index (χ4n) is 2.09. The van der Waals surface area contributed by atoms with Crippen LogP contribution in [0.1, 0.15) is 6.92 Å². The number of nitrogens with zero attached hydrogens (tertiary/aromatic N) is 2. The third-order valence-corrected chi connectivity index (χ3v) is 4.58. The summed E-state index contributed by atoms with van der Waals surface area (Å²) in [5.41, 5.74) is 0. The molecular weight excluding hydrogens is 435 g/mol. The molecule has 1 atom stereocenters. The molecule has 0 spiro atoms. The number of aromatic nitrogens is 1. The van der Waals surface area contributed by atoms with E-state index < -0.39 is 10.8 Å². The van der Waals surface area contributed by atoms with E-state index in [2.05, 4.69) is 20.2 Å². The van der Waals surface area contributed by atoms with E-state index in [1.54, 1.807) is 0 Å². The van der Waals surface area contributed by atoms with Crippen LogP contribution in [0.25, 0.3) is 0 Å². The fourth-order valence-corrected chi connectivity index (χ4v) is 3.05. The Balaban J connectivity index is 0.00000288. The van der Waals surface area contributed by atoms with E-state index in [0.29, 0.717) is 12.3 Å². The van der Waals surface area contributed by atoms with Crippen molar-refractivity contribution in [2.75, 3.05) is 25.4 Å². The minimum absolute atomic E-state index is 0. The summed E-state index contributed by atoms with van der Waals surface area (Å²) in [6.07, 6.45) is 4.07. The fraction of sp³-hybridized carbons (Fsp3) is 0.353. The van der Waals surface area contributed by atoms with Crippen LogP contribution in [-0.4, -0.2) is 40.1 Å². The summed E-state index contributed by atoms with van der Waals surface area (Å²) in [6, 6.07) is 13.5. The summed E-state index contributed by atoms with van der Waals surface area (Å²) < 4.78 is 14.3. The highest BCUT2D eigenvalue weighted by molar-refractivity contribution is 14.0. The van der Waals surface area contributed by atoms with Crippen molar-refractivity contribution in [3.63, 3.8) is 0 Å². The van der Waals surface area contributed by atoms with E-state index in [1.807, 2.05) is 61.8 Å². The standard InChI is InChI=1S/C17H24N4OS.HI/c1-2-18-17(19-10-14-21-12-6-7-13-21)20-11-15-23(22)16-8-4-3-5-9-16;/h3-9,12-13H,2,10-11,14-15H2,1H3,(H2,18,19,20);1H. The maximum Gasteiger partial charge on any atom is 0.191 e. The number of benzene rings is 1. The highest BCUT2D eigenvalue weighted by atomic mass is 127. The van der Waals surface area contributed by atoms with Crippen molar-refractivity contribution >= 4 is 40.7 Å². The summed E-state index contributed by atoms with van der Waals surface area (Å²) in [4.78, 5) is 5.34. The van der Waals surface area contributed by atoms with Gasteiger partial charge in [-0.2, -0.15) is 0 Å². The van der Waals surface area contributed by atoms with E-state index >= 15 is 0 Å². The van der Waals surface area contributed by atoms with E-state index in [4.69, 9.17) is 0 Å². The van der Waals surface area contributed by atoms with Crippen molar-refractivity contribution in [3.8, 4) is 0 Å². The average Bonchev–Trinajstić information content (AvgIpc) is 3.09. The average molecular weight is 460 g/mol. The Morgan fingerprint density at radius 3 is 2.50 bits per heavy atom. The molecule has 1 aromatic carbocycles.